The highest BCUT2D eigenvalue weighted by atomic mass is 19.1. The monoisotopic (exact) mass is 277 g/mol. The van der Waals surface area contributed by atoms with Crippen molar-refractivity contribution in [1.82, 2.24) is 5.32 Å². The third-order valence-electron chi connectivity index (χ3n) is 2.62. The lowest BCUT2D eigenvalue weighted by molar-refractivity contribution is 0.251. The Kier molecular flexibility index (Phi) is 4.14. The number of nitrogens with two attached hydrogens (primary N) is 1. The zero-order valence-corrected chi connectivity index (χ0v) is 10.5. The molecule has 2 amide bonds. The van der Waals surface area contributed by atoms with E-state index in [1.165, 1.54) is 6.07 Å². The maximum Gasteiger partial charge on any atom is 0.319 e. The first-order valence-electron chi connectivity index (χ1n) is 5.89. The van der Waals surface area contributed by atoms with Gasteiger partial charge in [-0.05, 0) is 30.3 Å². The van der Waals surface area contributed by atoms with Gasteiger partial charge in [0.15, 0.2) is 0 Å². The summed E-state index contributed by atoms with van der Waals surface area (Å²) in [6, 6.07) is 9.30. The van der Waals surface area contributed by atoms with Crippen LogP contribution >= 0.6 is 0 Å². The summed E-state index contributed by atoms with van der Waals surface area (Å²) < 4.78 is 26.1. The van der Waals surface area contributed by atoms with Gasteiger partial charge in [-0.2, -0.15) is 0 Å². The number of benzene rings is 2. The standard InChI is InChI=1S/C14H13F2N3O/c15-10-2-1-9(13(16)7-10)8-18-14(20)19-12-5-3-11(17)4-6-12/h1-7H,8,17H2,(H2,18,19,20). The number of carbonyl (C=O) groups excluding carboxylic acids is 1. The fourth-order valence-corrected chi connectivity index (χ4v) is 1.58. The van der Waals surface area contributed by atoms with Crippen molar-refractivity contribution in [2.75, 3.05) is 11.1 Å². The van der Waals surface area contributed by atoms with E-state index in [1.54, 1.807) is 24.3 Å². The average molecular weight is 277 g/mol. The molecule has 0 radical (unpaired) electrons. The van der Waals surface area contributed by atoms with Crippen LogP contribution in [0.4, 0.5) is 25.0 Å². The fraction of sp³-hybridized carbons (Fsp3) is 0.0714. The Balaban J connectivity index is 1.90. The smallest absolute Gasteiger partial charge is 0.319 e. The van der Waals surface area contributed by atoms with E-state index in [2.05, 4.69) is 10.6 Å². The molecule has 0 atom stereocenters. The molecule has 0 unspecified atom stereocenters. The summed E-state index contributed by atoms with van der Waals surface area (Å²) in [6.45, 7) is -0.0348. The Morgan fingerprint density at radius 3 is 2.45 bits per heavy atom. The normalized spacial score (nSPS) is 10.1. The first-order chi connectivity index (χ1) is 9.54. The highest BCUT2D eigenvalue weighted by Gasteiger charge is 2.06. The van der Waals surface area contributed by atoms with Gasteiger partial charge in [0.1, 0.15) is 11.6 Å². The van der Waals surface area contributed by atoms with E-state index >= 15 is 0 Å². The van der Waals surface area contributed by atoms with Gasteiger partial charge in [0.2, 0.25) is 0 Å². The first-order valence-corrected chi connectivity index (χ1v) is 5.89. The summed E-state index contributed by atoms with van der Waals surface area (Å²) in [7, 11) is 0. The number of urea groups is 1. The molecule has 0 fully saturated rings. The molecule has 2 aromatic carbocycles. The molecule has 104 valence electrons. The lowest BCUT2D eigenvalue weighted by atomic mass is 10.2. The Bertz CT molecular complexity index is 614. The van der Waals surface area contributed by atoms with Gasteiger partial charge in [0.05, 0.1) is 0 Å². The van der Waals surface area contributed by atoms with Crippen LogP contribution < -0.4 is 16.4 Å². The molecule has 0 aliphatic carbocycles. The number of nitrogen functional groups attached to an aromatic ring is 1. The van der Waals surface area contributed by atoms with E-state index in [0.29, 0.717) is 11.4 Å². The quantitative estimate of drug-likeness (QED) is 0.755. The number of rotatable bonds is 3. The first kappa shape index (κ1) is 13.8. The lowest BCUT2D eigenvalue weighted by Crippen LogP contribution is -2.28. The molecule has 20 heavy (non-hydrogen) atoms. The zero-order chi connectivity index (χ0) is 14.5. The number of halogens is 2. The van der Waals surface area contributed by atoms with Crippen molar-refractivity contribution in [3.63, 3.8) is 0 Å². The van der Waals surface area contributed by atoms with Crippen molar-refractivity contribution in [2.24, 2.45) is 0 Å². The molecule has 0 bridgehead atoms. The summed E-state index contributed by atoms with van der Waals surface area (Å²) >= 11 is 0. The topological polar surface area (TPSA) is 67.1 Å². The number of nitrogens with one attached hydrogen (secondary N) is 2. The van der Waals surface area contributed by atoms with Crippen LogP contribution in [-0.2, 0) is 6.54 Å². The molecule has 4 N–H and O–H groups in total. The number of carbonyl (C=O) groups is 1. The van der Waals surface area contributed by atoms with E-state index < -0.39 is 17.7 Å². The van der Waals surface area contributed by atoms with Gasteiger partial charge >= 0.3 is 6.03 Å². The predicted molar refractivity (Wildman–Crippen MR) is 73.1 cm³/mol. The van der Waals surface area contributed by atoms with Crippen LogP contribution in [-0.4, -0.2) is 6.03 Å². The molecule has 0 aliphatic rings. The number of anilines is 2. The molecule has 6 heteroatoms. The van der Waals surface area contributed by atoms with Crippen molar-refractivity contribution < 1.29 is 13.6 Å². The molecular weight excluding hydrogens is 264 g/mol. The second kappa shape index (κ2) is 6.01. The molecule has 4 nitrogen and oxygen atoms in total. The van der Waals surface area contributed by atoms with Gasteiger partial charge < -0.3 is 16.4 Å². The molecule has 0 aliphatic heterocycles. The van der Waals surface area contributed by atoms with Crippen molar-refractivity contribution in [3.8, 4) is 0 Å². The second-order valence-corrected chi connectivity index (χ2v) is 4.17. The van der Waals surface area contributed by atoms with Crippen LogP contribution in [0.25, 0.3) is 0 Å². The summed E-state index contributed by atoms with van der Waals surface area (Å²) in [5.74, 6) is -1.35. The van der Waals surface area contributed by atoms with Crippen LogP contribution in [0.5, 0.6) is 0 Å². The van der Waals surface area contributed by atoms with Gasteiger partial charge in [-0.3, -0.25) is 0 Å². The Morgan fingerprint density at radius 1 is 1.10 bits per heavy atom. The largest absolute Gasteiger partial charge is 0.399 e. The number of hydrogen-bond acceptors (Lipinski definition) is 2. The second-order valence-electron chi connectivity index (χ2n) is 4.17. The van der Waals surface area contributed by atoms with Gasteiger partial charge in [0.25, 0.3) is 0 Å². The van der Waals surface area contributed by atoms with Crippen LogP contribution in [0, 0.1) is 11.6 Å². The molecular formula is C14H13F2N3O. The van der Waals surface area contributed by atoms with Gasteiger partial charge in [-0.25, -0.2) is 13.6 Å². The van der Waals surface area contributed by atoms with E-state index in [9.17, 15) is 13.6 Å². The molecule has 0 heterocycles. The van der Waals surface area contributed by atoms with E-state index in [0.717, 1.165) is 12.1 Å². The van der Waals surface area contributed by atoms with Crippen molar-refractivity contribution >= 4 is 17.4 Å². The Morgan fingerprint density at radius 2 is 1.80 bits per heavy atom. The van der Waals surface area contributed by atoms with Crippen molar-refractivity contribution in [2.45, 2.75) is 6.54 Å². The lowest BCUT2D eigenvalue weighted by Gasteiger charge is -2.08. The minimum atomic E-state index is -0.696. The van der Waals surface area contributed by atoms with Crippen LogP contribution in [0.1, 0.15) is 5.56 Å². The van der Waals surface area contributed by atoms with Gasteiger partial charge in [0, 0.05) is 29.5 Å². The number of amides is 2. The molecule has 0 aromatic heterocycles. The molecule has 0 spiro atoms. The van der Waals surface area contributed by atoms with Crippen LogP contribution in [0.2, 0.25) is 0 Å². The maximum absolute atomic E-state index is 13.3. The fourth-order valence-electron chi connectivity index (χ4n) is 1.58. The van der Waals surface area contributed by atoms with E-state index in [-0.39, 0.29) is 12.1 Å². The summed E-state index contributed by atoms with van der Waals surface area (Å²) in [4.78, 5) is 11.6. The van der Waals surface area contributed by atoms with E-state index in [4.69, 9.17) is 5.73 Å². The summed E-state index contributed by atoms with van der Waals surface area (Å²) in [5.41, 5.74) is 6.88. The van der Waals surface area contributed by atoms with Crippen LogP contribution in [0.15, 0.2) is 42.5 Å². The third kappa shape index (κ3) is 3.68. The van der Waals surface area contributed by atoms with Crippen LogP contribution in [0.3, 0.4) is 0 Å². The summed E-state index contributed by atoms with van der Waals surface area (Å²) in [6.07, 6.45) is 0. The van der Waals surface area contributed by atoms with E-state index in [1.807, 2.05) is 0 Å². The Labute approximate surface area is 114 Å². The SMILES string of the molecule is Nc1ccc(NC(=O)NCc2ccc(F)cc2F)cc1. The van der Waals surface area contributed by atoms with Crippen molar-refractivity contribution in [1.29, 1.82) is 0 Å². The van der Waals surface area contributed by atoms with Gasteiger partial charge in [-0.15, -0.1) is 0 Å². The minimum Gasteiger partial charge on any atom is -0.399 e. The molecule has 0 saturated heterocycles. The van der Waals surface area contributed by atoms with Gasteiger partial charge in [-0.1, -0.05) is 6.07 Å². The predicted octanol–water partition coefficient (Wildman–Crippen LogP) is 2.87. The third-order valence-corrected chi connectivity index (χ3v) is 2.62. The Hall–Kier alpha value is -2.63. The van der Waals surface area contributed by atoms with Crippen molar-refractivity contribution in [3.05, 3.63) is 59.7 Å². The highest BCUT2D eigenvalue weighted by Crippen LogP contribution is 2.11. The highest BCUT2D eigenvalue weighted by molar-refractivity contribution is 5.89. The molecule has 0 saturated carbocycles. The zero-order valence-electron chi connectivity index (χ0n) is 10.5. The minimum absolute atomic E-state index is 0.0348. The number of hydrogen-bond donors (Lipinski definition) is 3. The summed E-state index contributed by atoms with van der Waals surface area (Å²) in [5, 5.41) is 5.05. The average Bonchev–Trinajstić information content (AvgIpc) is 2.40. The molecule has 2 aromatic rings. The maximum atomic E-state index is 13.3. The molecule has 2 rings (SSSR count).